The zero-order valence-electron chi connectivity index (χ0n) is 16.3. The van der Waals surface area contributed by atoms with E-state index in [0.717, 1.165) is 26.1 Å². The van der Waals surface area contributed by atoms with Crippen LogP contribution in [0.15, 0.2) is 48.5 Å². The molecule has 1 atom stereocenters. The average molecular weight is 368 g/mol. The molecule has 1 unspecified atom stereocenters. The first-order valence-electron chi connectivity index (χ1n) is 9.47. The monoisotopic (exact) mass is 368 g/mol. The summed E-state index contributed by atoms with van der Waals surface area (Å²) in [5, 5.41) is 3.15. The van der Waals surface area contributed by atoms with Crippen LogP contribution in [-0.2, 0) is 6.54 Å². The van der Waals surface area contributed by atoms with E-state index < -0.39 is 0 Å². The third-order valence-electron chi connectivity index (χ3n) is 4.65. The van der Waals surface area contributed by atoms with E-state index in [2.05, 4.69) is 34.5 Å². The number of amides is 1. The third kappa shape index (κ3) is 5.23. The smallest absolute Gasteiger partial charge is 0.251 e. The first-order valence-corrected chi connectivity index (χ1v) is 9.47. The van der Waals surface area contributed by atoms with Crippen LogP contribution in [0.2, 0.25) is 0 Å². The van der Waals surface area contributed by atoms with Crippen LogP contribution in [0, 0.1) is 0 Å². The highest BCUT2D eigenvalue weighted by molar-refractivity contribution is 5.95. The van der Waals surface area contributed by atoms with E-state index in [-0.39, 0.29) is 18.1 Å². The van der Waals surface area contributed by atoms with Crippen molar-refractivity contribution >= 4 is 5.91 Å². The van der Waals surface area contributed by atoms with Gasteiger partial charge in [-0.2, -0.15) is 0 Å². The van der Waals surface area contributed by atoms with Gasteiger partial charge in [-0.3, -0.25) is 9.69 Å². The number of hydrogen-bond acceptors (Lipinski definition) is 4. The summed E-state index contributed by atoms with van der Waals surface area (Å²) in [5.74, 6) is 1.16. The summed E-state index contributed by atoms with van der Waals surface area (Å²) in [6, 6.07) is 15.9. The van der Waals surface area contributed by atoms with Crippen molar-refractivity contribution < 1.29 is 14.3 Å². The van der Waals surface area contributed by atoms with Crippen LogP contribution in [0.25, 0.3) is 0 Å². The van der Waals surface area contributed by atoms with Crippen molar-refractivity contribution in [1.82, 2.24) is 10.2 Å². The van der Waals surface area contributed by atoms with Crippen LogP contribution in [0.1, 0.15) is 36.2 Å². The number of carbonyl (C=O) groups is 1. The Kier molecular flexibility index (Phi) is 6.35. The molecule has 0 radical (unpaired) electrons. The third-order valence-corrected chi connectivity index (χ3v) is 4.65. The number of rotatable bonds is 7. The van der Waals surface area contributed by atoms with Crippen LogP contribution in [0.5, 0.6) is 11.5 Å². The maximum Gasteiger partial charge on any atom is 0.251 e. The van der Waals surface area contributed by atoms with E-state index in [1.165, 1.54) is 5.56 Å². The molecule has 1 saturated heterocycles. The topological polar surface area (TPSA) is 50.8 Å². The summed E-state index contributed by atoms with van der Waals surface area (Å²) in [6.45, 7) is 6.70. The quantitative estimate of drug-likeness (QED) is 0.813. The summed E-state index contributed by atoms with van der Waals surface area (Å²) in [4.78, 5) is 15.0. The number of nitrogens with one attached hydrogen (secondary N) is 1. The van der Waals surface area contributed by atoms with E-state index in [1.807, 2.05) is 19.9 Å². The molecule has 1 aliphatic rings. The standard InChI is InChI=1S/C22H28N2O3/c1-16(2)27-20-10-9-18(13-21(20)26-3)22(25)23-19-11-12-24(15-19)14-17-7-5-4-6-8-17/h4-10,13,16,19H,11-12,14-15H2,1-3H3,(H,23,25). The number of hydrogen-bond donors (Lipinski definition) is 1. The predicted molar refractivity (Wildman–Crippen MR) is 106 cm³/mol. The van der Waals surface area contributed by atoms with Crippen molar-refractivity contribution in [1.29, 1.82) is 0 Å². The average Bonchev–Trinajstić information content (AvgIpc) is 3.09. The highest BCUT2D eigenvalue weighted by Gasteiger charge is 2.24. The molecule has 1 fully saturated rings. The molecule has 27 heavy (non-hydrogen) atoms. The first kappa shape index (κ1) is 19.2. The number of likely N-dealkylation sites (tertiary alicyclic amines) is 1. The van der Waals surface area contributed by atoms with E-state index in [1.54, 1.807) is 25.3 Å². The molecule has 0 spiro atoms. The Bertz CT molecular complexity index is 761. The van der Waals surface area contributed by atoms with E-state index in [0.29, 0.717) is 17.1 Å². The molecule has 5 heteroatoms. The molecule has 0 bridgehead atoms. The zero-order valence-corrected chi connectivity index (χ0v) is 16.3. The van der Waals surface area contributed by atoms with Gasteiger partial charge >= 0.3 is 0 Å². The van der Waals surface area contributed by atoms with Crippen LogP contribution in [-0.4, -0.2) is 43.2 Å². The van der Waals surface area contributed by atoms with Crippen molar-refractivity contribution in [3.63, 3.8) is 0 Å². The minimum absolute atomic E-state index is 0.0488. The molecule has 3 rings (SSSR count). The maximum absolute atomic E-state index is 12.6. The largest absolute Gasteiger partial charge is 0.493 e. The Morgan fingerprint density at radius 1 is 1.19 bits per heavy atom. The fourth-order valence-electron chi connectivity index (χ4n) is 3.36. The highest BCUT2D eigenvalue weighted by Crippen LogP contribution is 2.29. The van der Waals surface area contributed by atoms with Crippen molar-refractivity contribution in [2.24, 2.45) is 0 Å². The number of benzene rings is 2. The van der Waals surface area contributed by atoms with Gasteiger partial charge in [0.25, 0.3) is 5.91 Å². The molecular weight excluding hydrogens is 340 g/mol. The second kappa shape index (κ2) is 8.91. The van der Waals surface area contributed by atoms with Gasteiger partial charge in [0, 0.05) is 31.2 Å². The Hall–Kier alpha value is -2.53. The SMILES string of the molecule is COc1cc(C(=O)NC2CCN(Cc3ccccc3)C2)ccc1OC(C)C. The molecule has 1 heterocycles. The van der Waals surface area contributed by atoms with E-state index in [4.69, 9.17) is 9.47 Å². The van der Waals surface area contributed by atoms with Gasteiger partial charge in [-0.15, -0.1) is 0 Å². The summed E-state index contributed by atoms with van der Waals surface area (Å²) < 4.78 is 11.1. The van der Waals surface area contributed by atoms with E-state index >= 15 is 0 Å². The zero-order chi connectivity index (χ0) is 19.2. The lowest BCUT2D eigenvalue weighted by Crippen LogP contribution is -2.37. The fraction of sp³-hybridized carbons (Fsp3) is 0.409. The normalized spacial score (nSPS) is 17.1. The molecule has 1 amide bonds. The van der Waals surface area contributed by atoms with Gasteiger partial charge in [-0.05, 0) is 44.0 Å². The second-order valence-corrected chi connectivity index (χ2v) is 7.21. The summed E-state index contributed by atoms with van der Waals surface area (Å²) in [7, 11) is 1.59. The Morgan fingerprint density at radius 3 is 2.67 bits per heavy atom. The number of carbonyl (C=O) groups excluding carboxylic acids is 1. The van der Waals surface area contributed by atoms with Gasteiger partial charge < -0.3 is 14.8 Å². The minimum atomic E-state index is -0.0732. The van der Waals surface area contributed by atoms with Crippen molar-refractivity contribution in [3.05, 3.63) is 59.7 Å². The minimum Gasteiger partial charge on any atom is -0.493 e. The molecule has 1 N–H and O–H groups in total. The van der Waals surface area contributed by atoms with Crippen molar-refractivity contribution in [2.75, 3.05) is 20.2 Å². The summed E-state index contributed by atoms with van der Waals surface area (Å²) in [5.41, 5.74) is 1.89. The Morgan fingerprint density at radius 2 is 1.96 bits per heavy atom. The van der Waals surface area contributed by atoms with Crippen LogP contribution in [0.4, 0.5) is 0 Å². The molecule has 2 aromatic carbocycles. The molecule has 0 aliphatic carbocycles. The van der Waals surface area contributed by atoms with Crippen LogP contribution < -0.4 is 14.8 Å². The van der Waals surface area contributed by atoms with Gasteiger partial charge in [0.1, 0.15) is 0 Å². The molecule has 5 nitrogen and oxygen atoms in total. The fourth-order valence-corrected chi connectivity index (χ4v) is 3.36. The van der Waals surface area contributed by atoms with Gasteiger partial charge in [0.15, 0.2) is 11.5 Å². The number of methoxy groups -OCH3 is 1. The van der Waals surface area contributed by atoms with Gasteiger partial charge in [-0.1, -0.05) is 30.3 Å². The van der Waals surface area contributed by atoms with Crippen molar-refractivity contribution in [2.45, 2.75) is 39.0 Å². The van der Waals surface area contributed by atoms with Crippen LogP contribution in [0.3, 0.4) is 0 Å². The van der Waals surface area contributed by atoms with Gasteiger partial charge in [0.05, 0.1) is 13.2 Å². The van der Waals surface area contributed by atoms with Gasteiger partial charge in [0.2, 0.25) is 0 Å². The lowest BCUT2D eigenvalue weighted by molar-refractivity contribution is 0.0937. The highest BCUT2D eigenvalue weighted by atomic mass is 16.5. The lowest BCUT2D eigenvalue weighted by Gasteiger charge is -2.17. The molecule has 144 valence electrons. The molecule has 1 aliphatic heterocycles. The number of ether oxygens (including phenoxy) is 2. The maximum atomic E-state index is 12.6. The van der Waals surface area contributed by atoms with Crippen molar-refractivity contribution in [3.8, 4) is 11.5 Å². The lowest BCUT2D eigenvalue weighted by atomic mass is 10.1. The number of nitrogens with zero attached hydrogens (tertiary/aromatic N) is 1. The second-order valence-electron chi connectivity index (χ2n) is 7.21. The Labute approximate surface area is 161 Å². The summed E-state index contributed by atoms with van der Waals surface area (Å²) in [6.07, 6.45) is 1.01. The van der Waals surface area contributed by atoms with Crippen LogP contribution >= 0.6 is 0 Å². The molecule has 0 saturated carbocycles. The molecular formula is C22H28N2O3. The summed E-state index contributed by atoms with van der Waals surface area (Å²) >= 11 is 0. The predicted octanol–water partition coefficient (Wildman–Crippen LogP) is 3.49. The Balaban J connectivity index is 1.57. The van der Waals surface area contributed by atoms with E-state index in [9.17, 15) is 4.79 Å². The molecule has 2 aromatic rings. The van der Waals surface area contributed by atoms with Gasteiger partial charge in [-0.25, -0.2) is 0 Å². The first-order chi connectivity index (χ1) is 13.0. The molecule has 0 aromatic heterocycles.